The van der Waals surface area contributed by atoms with Crippen LogP contribution in [0.15, 0.2) is 42.9 Å². The Morgan fingerprint density at radius 3 is 2.37 bits per heavy atom. The monoisotopic (exact) mass is 388 g/mol. The van der Waals surface area contributed by atoms with E-state index in [4.69, 9.17) is 0 Å². The summed E-state index contributed by atoms with van der Waals surface area (Å²) in [5, 5.41) is 1.12. The average molecular weight is 388 g/mol. The highest BCUT2D eigenvalue weighted by Gasteiger charge is 2.34. The van der Waals surface area contributed by atoms with Gasteiger partial charge in [0.25, 0.3) is 0 Å². The Morgan fingerprint density at radius 2 is 1.74 bits per heavy atom. The van der Waals surface area contributed by atoms with Crippen LogP contribution in [0.4, 0.5) is 32.0 Å². The van der Waals surface area contributed by atoms with Gasteiger partial charge in [0.1, 0.15) is 12.0 Å². The van der Waals surface area contributed by atoms with Gasteiger partial charge in [0, 0.05) is 18.2 Å². The molecular weight excluding hydrogens is 378 g/mol. The molecule has 0 saturated heterocycles. The van der Waals surface area contributed by atoms with Crippen LogP contribution in [0.2, 0.25) is 0 Å². The van der Waals surface area contributed by atoms with Crippen molar-refractivity contribution >= 4 is 11.6 Å². The predicted octanol–water partition coefficient (Wildman–Crippen LogP) is 3.94. The molecule has 0 aliphatic carbocycles. The Bertz CT molecular complexity index is 907. The minimum Gasteiger partial charge on any atom is -0.273 e. The van der Waals surface area contributed by atoms with Crippen LogP contribution in [-0.4, -0.2) is 15.9 Å². The maximum atomic E-state index is 13.1. The van der Waals surface area contributed by atoms with Crippen LogP contribution in [0.25, 0.3) is 11.3 Å². The van der Waals surface area contributed by atoms with E-state index in [-0.39, 0.29) is 23.4 Å². The standard InChI is InChI=1S/C16H10F6N4O/c17-15(18,19)9-3-4-12(26-5-1-2-14(27)25-26)10(6-9)11-7-13(16(20,21)22)24-8-23-11/h1,3-8H,2H2,(H,25,27). The van der Waals surface area contributed by atoms with Gasteiger partial charge in [0.05, 0.1) is 16.9 Å². The van der Waals surface area contributed by atoms with Crippen LogP contribution in [0, 0.1) is 0 Å². The number of benzene rings is 1. The van der Waals surface area contributed by atoms with Gasteiger partial charge in [0.2, 0.25) is 5.91 Å². The van der Waals surface area contributed by atoms with Crippen LogP contribution in [0.5, 0.6) is 0 Å². The third-order valence-electron chi connectivity index (χ3n) is 3.62. The van der Waals surface area contributed by atoms with E-state index in [2.05, 4.69) is 15.4 Å². The lowest BCUT2D eigenvalue weighted by molar-refractivity contribution is -0.141. The van der Waals surface area contributed by atoms with Gasteiger partial charge in [-0.25, -0.2) is 9.97 Å². The second-order valence-corrected chi connectivity index (χ2v) is 5.51. The molecule has 142 valence electrons. The highest BCUT2D eigenvalue weighted by atomic mass is 19.4. The zero-order valence-corrected chi connectivity index (χ0v) is 13.3. The third-order valence-corrected chi connectivity index (χ3v) is 3.62. The van der Waals surface area contributed by atoms with E-state index in [0.717, 1.165) is 17.1 Å². The fraction of sp³-hybridized carbons (Fsp3) is 0.188. The van der Waals surface area contributed by atoms with E-state index >= 15 is 0 Å². The van der Waals surface area contributed by atoms with Crippen LogP contribution in [-0.2, 0) is 17.1 Å². The number of alkyl halides is 6. The smallest absolute Gasteiger partial charge is 0.273 e. The van der Waals surface area contributed by atoms with Gasteiger partial charge in [0.15, 0.2) is 0 Å². The van der Waals surface area contributed by atoms with Gasteiger partial charge in [-0.05, 0) is 24.3 Å². The van der Waals surface area contributed by atoms with Crippen molar-refractivity contribution in [1.29, 1.82) is 0 Å². The molecule has 1 aliphatic heterocycles. The molecule has 3 rings (SSSR count). The minimum absolute atomic E-state index is 0.0270. The molecule has 0 radical (unpaired) electrons. The van der Waals surface area contributed by atoms with Gasteiger partial charge < -0.3 is 0 Å². The molecule has 0 fully saturated rings. The molecule has 1 aromatic heterocycles. The second kappa shape index (κ2) is 6.56. The zero-order valence-electron chi connectivity index (χ0n) is 13.3. The number of hydrogen-bond acceptors (Lipinski definition) is 4. The van der Waals surface area contributed by atoms with Gasteiger partial charge in [-0.1, -0.05) is 6.08 Å². The Balaban J connectivity index is 2.18. The van der Waals surface area contributed by atoms with E-state index in [9.17, 15) is 31.1 Å². The van der Waals surface area contributed by atoms with E-state index in [1.807, 2.05) is 0 Å². The minimum atomic E-state index is -4.79. The maximum Gasteiger partial charge on any atom is 0.433 e. The molecule has 0 bridgehead atoms. The Labute approximate surface area is 148 Å². The summed E-state index contributed by atoms with van der Waals surface area (Å²) < 4.78 is 78.0. The maximum absolute atomic E-state index is 13.1. The van der Waals surface area contributed by atoms with Crippen molar-refractivity contribution in [1.82, 2.24) is 15.4 Å². The molecule has 1 aromatic carbocycles. The van der Waals surface area contributed by atoms with Crippen LogP contribution < -0.4 is 10.4 Å². The van der Waals surface area contributed by atoms with Crippen LogP contribution in [0.1, 0.15) is 17.7 Å². The molecule has 0 atom stereocenters. The normalized spacial score (nSPS) is 15.0. The highest BCUT2D eigenvalue weighted by molar-refractivity contribution is 5.85. The van der Waals surface area contributed by atoms with Gasteiger partial charge >= 0.3 is 12.4 Å². The predicted molar refractivity (Wildman–Crippen MR) is 81.9 cm³/mol. The number of carbonyl (C=O) groups is 1. The molecule has 1 aliphatic rings. The lowest BCUT2D eigenvalue weighted by Crippen LogP contribution is -2.41. The molecule has 5 nitrogen and oxygen atoms in total. The quantitative estimate of drug-likeness (QED) is 0.792. The number of hydrazine groups is 1. The summed E-state index contributed by atoms with van der Waals surface area (Å²) in [5.74, 6) is -0.429. The number of amides is 1. The number of aromatic nitrogens is 2. The van der Waals surface area contributed by atoms with E-state index in [0.29, 0.717) is 18.5 Å². The lowest BCUT2D eigenvalue weighted by Gasteiger charge is -2.27. The fourth-order valence-electron chi connectivity index (χ4n) is 2.41. The number of halogens is 6. The lowest BCUT2D eigenvalue weighted by atomic mass is 10.0. The summed E-state index contributed by atoms with van der Waals surface area (Å²) in [6.07, 6.45) is -5.97. The fourth-order valence-corrected chi connectivity index (χ4v) is 2.41. The van der Waals surface area contributed by atoms with Gasteiger partial charge in [-0.15, -0.1) is 0 Å². The third kappa shape index (κ3) is 4.01. The molecular formula is C16H10F6N4O. The SMILES string of the molecule is O=C1CC=CN(c2ccc(C(F)(F)F)cc2-c2cc(C(F)(F)F)ncn2)N1. The van der Waals surface area contributed by atoms with Crippen molar-refractivity contribution < 1.29 is 31.1 Å². The summed E-state index contributed by atoms with van der Waals surface area (Å²) in [6, 6.07) is 3.03. The van der Waals surface area contributed by atoms with Crippen molar-refractivity contribution in [3.63, 3.8) is 0 Å². The van der Waals surface area contributed by atoms with Gasteiger partial charge in [-0.2, -0.15) is 26.3 Å². The molecule has 27 heavy (non-hydrogen) atoms. The molecule has 0 saturated carbocycles. The summed E-state index contributed by atoms with van der Waals surface area (Å²) in [5.41, 5.74) is -0.547. The molecule has 11 heteroatoms. The number of rotatable bonds is 2. The number of carbonyl (C=O) groups excluding carboxylic acids is 1. The van der Waals surface area contributed by atoms with Gasteiger partial charge in [-0.3, -0.25) is 15.2 Å². The van der Waals surface area contributed by atoms with Crippen molar-refractivity contribution in [3.05, 3.63) is 54.1 Å². The molecule has 2 heterocycles. The molecule has 2 aromatic rings. The Hall–Kier alpha value is -3.11. The van der Waals surface area contributed by atoms with Crippen LogP contribution in [0.3, 0.4) is 0 Å². The summed E-state index contributed by atoms with van der Waals surface area (Å²) in [6.45, 7) is 0. The first-order valence-electron chi connectivity index (χ1n) is 7.42. The molecule has 1 N–H and O–H groups in total. The van der Waals surface area contributed by atoms with Crippen LogP contribution >= 0.6 is 0 Å². The average Bonchev–Trinajstić information content (AvgIpc) is 2.60. The Morgan fingerprint density at radius 1 is 1.00 bits per heavy atom. The molecule has 0 unspecified atom stereocenters. The zero-order chi connectivity index (χ0) is 19.8. The van der Waals surface area contributed by atoms with E-state index in [1.54, 1.807) is 0 Å². The van der Waals surface area contributed by atoms with Crippen molar-refractivity contribution in [2.24, 2.45) is 0 Å². The first-order valence-corrected chi connectivity index (χ1v) is 7.42. The number of nitrogens with one attached hydrogen (secondary N) is 1. The van der Waals surface area contributed by atoms with Crippen molar-refractivity contribution in [2.75, 3.05) is 5.01 Å². The number of hydrogen-bond donors (Lipinski definition) is 1. The highest BCUT2D eigenvalue weighted by Crippen LogP contribution is 2.38. The van der Waals surface area contributed by atoms with E-state index in [1.165, 1.54) is 12.3 Å². The van der Waals surface area contributed by atoms with Crippen molar-refractivity contribution in [2.45, 2.75) is 18.8 Å². The van der Waals surface area contributed by atoms with E-state index < -0.39 is 29.5 Å². The summed E-state index contributed by atoms with van der Waals surface area (Å²) in [7, 11) is 0. The first kappa shape index (κ1) is 18.7. The first-order chi connectivity index (χ1) is 12.6. The largest absolute Gasteiger partial charge is 0.433 e. The summed E-state index contributed by atoms with van der Waals surface area (Å²) >= 11 is 0. The topological polar surface area (TPSA) is 58.1 Å². The summed E-state index contributed by atoms with van der Waals surface area (Å²) in [4.78, 5) is 18.3. The Kier molecular flexibility index (Phi) is 4.54. The second-order valence-electron chi connectivity index (χ2n) is 5.51. The number of anilines is 1. The molecule has 1 amide bonds. The van der Waals surface area contributed by atoms with Crippen molar-refractivity contribution in [3.8, 4) is 11.3 Å². The molecule has 0 spiro atoms. The number of nitrogens with zero attached hydrogens (tertiary/aromatic N) is 3.